The zero-order chi connectivity index (χ0) is 15.7. The Morgan fingerprint density at radius 1 is 1.36 bits per heavy atom. The van der Waals surface area contributed by atoms with Crippen LogP contribution in [0.4, 0.5) is 0 Å². The highest BCUT2D eigenvalue weighted by atomic mass is 32.2. The molecule has 9 heteroatoms. The number of fused-ring (bicyclic) bond motifs is 1. The maximum absolute atomic E-state index is 12.3. The number of hydrazone groups is 1. The third-order valence-corrected chi connectivity index (χ3v) is 4.92. The topological polar surface area (TPSA) is 90.3 Å². The zero-order valence-electron chi connectivity index (χ0n) is 11.8. The Kier molecular flexibility index (Phi) is 4.19. The molecule has 22 heavy (non-hydrogen) atoms. The van der Waals surface area contributed by atoms with Crippen molar-refractivity contribution in [2.24, 2.45) is 10.9 Å². The van der Waals surface area contributed by atoms with Crippen LogP contribution in [0.15, 0.2) is 37.6 Å². The molecule has 0 saturated heterocycles. The van der Waals surface area contributed by atoms with Gasteiger partial charge in [-0.25, -0.2) is 5.84 Å². The first-order valence-electron chi connectivity index (χ1n) is 6.23. The Balaban J connectivity index is 2.03. The molecule has 2 N–H and O–H groups in total. The second-order valence-electron chi connectivity index (χ2n) is 4.29. The van der Waals surface area contributed by atoms with Gasteiger partial charge in [-0.2, -0.15) is 9.62 Å². The molecule has 1 aromatic carbocycles. The van der Waals surface area contributed by atoms with Crippen LogP contribution in [0.2, 0.25) is 0 Å². The van der Waals surface area contributed by atoms with Crippen LogP contribution in [0.25, 0.3) is 11.0 Å². The average molecular weight is 339 g/mol. The van der Waals surface area contributed by atoms with Crippen LogP contribution < -0.4 is 20.7 Å². The van der Waals surface area contributed by atoms with Gasteiger partial charge in [0.2, 0.25) is 0 Å². The van der Waals surface area contributed by atoms with Crippen molar-refractivity contribution in [2.45, 2.75) is 9.67 Å². The standard InChI is InChI=1S/C13H13N3O4S2/c1-18-7-3-9(19-2)13-8(17)5-11(20-10(13)4-7)21-12-6-15-16(14)22-12/h3-6,12H,14H2,1-2H3. The third kappa shape index (κ3) is 2.87. The van der Waals surface area contributed by atoms with Gasteiger partial charge in [0.05, 0.1) is 20.4 Å². The van der Waals surface area contributed by atoms with Crippen molar-refractivity contribution < 1.29 is 13.9 Å². The van der Waals surface area contributed by atoms with E-state index in [1.165, 1.54) is 41.4 Å². The van der Waals surface area contributed by atoms with Crippen molar-refractivity contribution in [2.75, 3.05) is 14.2 Å². The van der Waals surface area contributed by atoms with Crippen molar-refractivity contribution in [3.8, 4) is 11.5 Å². The number of nitrogens with two attached hydrogens (primary N) is 1. The van der Waals surface area contributed by atoms with E-state index in [1.807, 2.05) is 0 Å². The van der Waals surface area contributed by atoms with Gasteiger partial charge in [-0.3, -0.25) is 4.79 Å². The fourth-order valence-electron chi connectivity index (χ4n) is 1.99. The molecule has 0 bridgehead atoms. The zero-order valence-corrected chi connectivity index (χ0v) is 13.4. The summed E-state index contributed by atoms with van der Waals surface area (Å²) in [5, 5.41) is 4.79. The fraction of sp³-hybridized carbons (Fsp3) is 0.231. The van der Waals surface area contributed by atoms with Crippen LogP contribution in [0.5, 0.6) is 11.5 Å². The number of hydrazine groups is 1. The van der Waals surface area contributed by atoms with Gasteiger partial charge in [-0.05, 0) is 0 Å². The molecule has 1 aliphatic rings. The molecular formula is C13H13N3O4S2. The first kappa shape index (κ1) is 15.1. The number of benzene rings is 1. The van der Waals surface area contributed by atoms with Crippen LogP contribution in [-0.2, 0) is 0 Å². The molecule has 3 rings (SSSR count). The number of thioether (sulfide) groups is 1. The van der Waals surface area contributed by atoms with Crippen LogP contribution in [0, 0.1) is 0 Å². The summed E-state index contributed by atoms with van der Waals surface area (Å²) in [5.41, 5.74) is 0.239. The van der Waals surface area contributed by atoms with Gasteiger partial charge in [0, 0.05) is 30.1 Å². The Morgan fingerprint density at radius 3 is 2.82 bits per heavy atom. The molecule has 0 radical (unpaired) electrons. The largest absolute Gasteiger partial charge is 0.496 e. The van der Waals surface area contributed by atoms with Gasteiger partial charge in [0.25, 0.3) is 0 Å². The normalized spacial score (nSPS) is 17.2. The number of nitrogens with zero attached hydrogens (tertiary/aromatic N) is 2. The van der Waals surface area contributed by atoms with Crippen molar-refractivity contribution in [1.82, 2.24) is 4.52 Å². The molecule has 1 aromatic heterocycles. The van der Waals surface area contributed by atoms with E-state index in [2.05, 4.69) is 5.10 Å². The molecule has 7 nitrogen and oxygen atoms in total. The quantitative estimate of drug-likeness (QED) is 0.668. The molecule has 0 aliphatic carbocycles. The predicted molar refractivity (Wildman–Crippen MR) is 87.3 cm³/mol. The molecule has 2 heterocycles. The summed E-state index contributed by atoms with van der Waals surface area (Å²) in [4.78, 5) is 12.3. The molecule has 0 amide bonds. The maximum atomic E-state index is 12.3. The number of methoxy groups -OCH3 is 2. The Bertz CT molecular complexity index is 793. The van der Waals surface area contributed by atoms with Crippen LogP contribution >= 0.6 is 23.7 Å². The van der Waals surface area contributed by atoms with E-state index in [0.29, 0.717) is 27.6 Å². The van der Waals surface area contributed by atoms with Crippen LogP contribution in [0.1, 0.15) is 0 Å². The molecule has 2 aromatic rings. The van der Waals surface area contributed by atoms with E-state index in [0.717, 1.165) is 0 Å². The first-order valence-corrected chi connectivity index (χ1v) is 7.94. The highest BCUT2D eigenvalue weighted by Gasteiger charge is 2.20. The molecule has 0 fully saturated rings. The Hall–Kier alpha value is -1.84. The molecular weight excluding hydrogens is 326 g/mol. The van der Waals surface area contributed by atoms with Crippen LogP contribution in [0.3, 0.4) is 0 Å². The Labute approximate surface area is 134 Å². The monoisotopic (exact) mass is 339 g/mol. The molecule has 116 valence electrons. The molecule has 0 spiro atoms. The summed E-state index contributed by atoms with van der Waals surface area (Å²) in [6, 6.07) is 4.75. The van der Waals surface area contributed by atoms with E-state index in [-0.39, 0.29) is 10.0 Å². The van der Waals surface area contributed by atoms with Crippen molar-refractivity contribution >= 4 is 40.9 Å². The van der Waals surface area contributed by atoms with Gasteiger partial charge in [0.15, 0.2) is 10.5 Å². The molecule has 1 aliphatic heterocycles. The lowest BCUT2D eigenvalue weighted by Gasteiger charge is -2.10. The summed E-state index contributed by atoms with van der Waals surface area (Å²) in [7, 11) is 3.04. The van der Waals surface area contributed by atoms with E-state index in [1.54, 1.807) is 25.5 Å². The van der Waals surface area contributed by atoms with Gasteiger partial charge in [-0.15, -0.1) is 0 Å². The van der Waals surface area contributed by atoms with Gasteiger partial charge < -0.3 is 13.9 Å². The minimum Gasteiger partial charge on any atom is -0.496 e. The lowest BCUT2D eigenvalue weighted by atomic mass is 10.2. The third-order valence-electron chi connectivity index (χ3n) is 2.95. The van der Waals surface area contributed by atoms with Crippen molar-refractivity contribution in [1.29, 1.82) is 0 Å². The lowest BCUT2D eigenvalue weighted by molar-refractivity contribution is 0.394. The highest BCUT2D eigenvalue weighted by molar-refractivity contribution is 8.17. The summed E-state index contributed by atoms with van der Waals surface area (Å²) in [5.74, 6) is 6.51. The van der Waals surface area contributed by atoms with Crippen LogP contribution in [-0.4, -0.2) is 29.5 Å². The van der Waals surface area contributed by atoms with E-state index in [9.17, 15) is 4.79 Å². The van der Waals surface area contributed by atoms with E-state index < -0.39 is 0 Å². The fourth-order valence-corrected chi connectivity index (χ4v) is 3.80. The second kappa shape index (κ2) is 6.11. The predicted octanol–water partition coefficient (Wildman–Crippen LogP) is 2.05. The smallest absolute Gasteiger partial charge is 0.197 e. The summed E-state index contributed by atoms with van der Waals surface area (Å²) < 4.78 is 17.5. The minimum atomic E-state index is -0.173. The number of rotatable bonds is 4. The summed E-state index contributed by atoms with van der Waals surface area (Å²) in [6.07, 6.45) is 1.69. The van der Waals surface area contributed by atoms with E-state index in [4.69, 9.17) is 19.7 Å². The van der Waals surface area contributed by atoms with Gasteiger partial charge in [0.1, 0.15) is 27.1 Å². The number of hydrogen-bond acceptors (Lipinski definition) is 9. The lowest BCUT2D eigenvalue weighted by Crippen LogP contribution is -2.13. The molecule has 1 unspecified atom stereocenters. The molecule has 1 atom stereocenters. The highest BCUT2D eigenvalue weighted by Crippen LogP contribution is 2.36. The maximum Gasteiger partial charge on any atom is 0.197 e. The second-order valence-corrected chi connectivity index (χ2v) is 6.83. The van der Waals surface area contributed by atoms with Gasteiger partial charge in [-0.1, -0.05) is 11.8 Å². The number of hydrogen-bond donors (Lipinski definition) is 1. The molecule has 0 saturated carbocycles. The average Bonchev–Trinajstić information content (AvgIpc) is 2.90. The summed E-state index contributed by atoms with van der Waals surface area (Å²) in [6.45, 7) is 0. The van der Waals surface area contributed by atoms with Gasteiger partial charge >= 0.3 is 0 Å². The Morgan fingerprint density at radius 2 is 2.18 bits per heavy atom. The van der Waals surface area contributed by atoms with Crippen molar-refractivity contribution in [3.63, 3.8) is 0 Å². The first-order chi connectivity index (χ1) is 10.6. The minimum absolute atomic E-state index is 0.0434. The SMILES string of the molecule is COc1cc(OC)c2c(=O)cc(SC3C=NN(N)S3)oc2c1. The van der Waals surface area contributed by atoms with E-state index >= 15 is 0 Å². The summed E-state index contributed by atoms with van der Waals surface area (Å²) >= 11 is 2.68. The van der Waals surface area contributed by atoms with Crippen molar-refractivity contribution in [3.05, 3.63) is 28.4 Å². The number of ether oxygens (including phenoxy) is 2.